The van der Waals surface area contributed by atoms with E-state index < -0.39 is 29.8 Å². The van der Waals surface area contributed by atoms with Crippen LogP contribution in [0.5, 0.6) is 5.75 Å². The summed E-state index contributed by atoms with van der Waals surface area (Å²) in [6, 6.07) is 12.0. The number of hydrogen-bond donors (Lipinski definition) is 1. The number of likely N-dealkylation sites (tertiary alicyclic amines) is 1. The van der Waals surface area contributed by atoms with Gasteiger partial charge in [-0.1, -0.05) is 35.5 Å². The van der Waals surface area contributed by atoms with Gasteiger partial charge in [-0.2, -0.15) is 4.98 Å². The molecular formula is C23H22FN3O6. The number of rotatable bonds is 7. The fourth-order valence-corrected chi connectivity index (χ4v) is 3.64. The number of ether oxygens (including phenoxy) is 2. The summed E-state index contributed by atoms with van der Waals surface area (Å²) in [5, 5.41) is 13.9. The van der Waals surface area contributed by atoms with Crippen molar-refractivity contribution in [1.29, 1.82) is 0 Å². The van der Waals surface area contributed by atoms with Gasteiger partial charge < -0.3 is 24.0 Å². The van der Waals surface area contributed by atoms with E-state index in [9.17, 15) is 19.1 Å². The number of amides is 1. The molecule has 9 nitrogen and oxygen atoms in total. The van der Waals surface area contributed by atoms with E-state index in [1.807, 2.05) is 0 Å². The number of aliphatic hydroxyl groups is 1. The summed E-state index contributed by atoms with van der Waals surface area (Å²) in [6.45, 7) is -0.328. The SMILES string of the molecule is COc1cccc(-c2noc(COC(=O)C3CC(O)CN3C(=O)Cc3ccccc3F)n2)c1. The van der Waals surface area contributed by atoms with E-state index in [4.69, 9.17) is 14.0 Å². The van der Waals surface area contributed by atoms with Crippen molar-refractivity contribution in [3.63, 3.8) is 0 Å². The zero-order valence-corrected chi connectivity index (χ0v) is 17.8. The zero-order chi connectivity index (χ0) is 23.4. The topological polar surface area (TPSA) is 115 Å². The molecule has 2 atom stereocenters. The van der Waals surface area contributed by atoms with Crippen molar-refractivity contribution in [2.75, 3.05) is 13.7 Å². The molecule has 1 aliphatic heterocycles. The molecule has 1 N–H and O–H groups in total. The molecule has 1 saturated heterocycles. The van der Waals surface area contributed by atoms with E-state index in [1.54, 1.807) is 37.4 Å². The average molecular weight is 455 g/mol. The Labute approximate surface area is 188 Å². The summed E-state index contributed by atoms with van der Waals surface area (Å²) < 4.78 is 29.5. The highest BCUT2D eigenvalue weighted by molar-refractivity contribution is 5.86. The molecule has 2 unspecified atom stereocenters. The minimum absolute atomic E-state index is 0.0285. The third-order valence-electron chi connectivity index (χ3n) is 5.30. The highest BCUT2D eigenvalue weighted by atomic mass is 19.1. The Kier molecular flexibility index (Phi) is 6.64. The van der Waals surface area contributed by atoms with Crippen LogP contribution in [-0.4, -0.2) is 57.8 Å². The molecule has 0 aliphatic carbocycles. The van der Waals surface area contributed by atoms with Crippen LogP contribution in [0.4, 0.5) is 4.39 Å². The van der Waals surface area contributed by atoms with Crippen LogP contribution in [0.1, 0.15) is 17.9 Å². The second-order valence-electron chi connectivity index (χ2n) is 7.57. The minimum Gasteiger partial charge on any atom is -0.497 e. The number of halogens is 1. The maximum Gasteiger partial charge on any atom is 0.329 e. The number of nitrogens with zero attached hydrogens (tertiary/aromatic N) is 3. The fourth-order valence-electron chi connectivity index (χ4n) is 3.64. The number of β-amino-alcohol motifs (C(OH)–C–C–N with tert-alkyl or cyclic N) is 1. The number of carbonyl (C=O) groups is 2. The van der Waals surface area contributed by atoms with Gasteiger partial charge >= 0.3 is 5.97 Å². The Morgan fingerprint density at radius 2 is 2.06 bits per heavy atom. The summed E-state index contributed by atoms with van der Waals surface area (Å²) in [5.41, 5.74) is 0.881. The van der Waals surface area contributed by atoms with Crippen molar-refractivity contribution in [3.05, 3.63) is 65.8 Å². The van der Waals surface area contributed by atoms with Crippen LogP contribution < -0.4 is 4.74 Å². The molecule has 2 heterocycles. The van der Waals surface area contributed by atoms with Gasteiger partial charge in [-0.05, 0) is 23.8 Å². The Morgan fingerprint density at radius 1 is 1.24 bits per heavy atom. The van der Waals surface area contributed by atoms with Crippen LogP contribution >= 0.6 is 0 Å². The van der Waals surface area contributed by atoms with Gasteiger partial charge in [0.2, 0.25) is 11.7 Å². The molecular weight excluding hydrogens is 433 g/mol. The molecule has 0 spiro atoms. The summed E-state index contributed by atoms with van der Waals surface area (Å²) in [4.78, 5) is 30.8. The van der Waals surface area contributed by atoms with Crippen LogP contribution in [0.3, 0.4) is 0 Å². The standard InChI is InChI=1S/C23H22FN3O6/c1-31-17-7-4-6-15(9-17)22-25-20(33-26-22)13-32-23(30)19-11-16(28)12-27(19)21(29)10-14-5-2-3-8-18(14)24/h2-9,16,19,28H,10-13H2,1H3. The molecule has 0 saturated carbocycles. The van der Waals surface area contributed by atoms with E-state index in [-0.39, 0.29) is 37.4 Å². The third-order valence-corrected chi connectivity index (χ3v) is 5.30. The number of methoxy groups -OCH3 is 1. The average Bonchev–Trinajstić information content (AvgIpc) is 3.46. The second-order valence-corrected chi connectivity index (χ2v) is 7.57. The smallest absolute Gasteiger partial charge is 0.329 e. The molecule has 1 fully saturated rings. The number of hydrogen-bond acceptors (Lipinski definition) is 8. The lowest BCUT2D eigenvalue weighted by atomic mass is 10.1. The number of aliphatic hydroxyl groups excluding tert-OH is 1. The Bertz CT molecular complexity index is 1150. The predicted octanol–water partition coefficient (Wildman–Crippen LogP) is 2.13. The van der Waals surface area contributed by atoms with Gasteiger partial charge in [0, 0.05) is 18.5 Å². The Hall–Kier alpha value is -3.79. The van der Waals surface area contributed by atoms with Crippen molar-refractivity contribution in [2.24, 2.45) is 0 Å². The quantitative estimate of drug-likeness (QED) is 0.539. The molecule has 4 rings (SSSR count). The summed E-state index contributed by atoms with van der Waals surface area (Å²) in [6.07, 6.45) is -1.08. The first-order valence-corrected chi connectivity index (χ1v) is 10.3. The van der Waals surface area contributed by atoms with Gasteiger partial charge in [0.25, 0.3) is 5.89 Å². The van der Waals surface area contributed by atoms with E-state index in [0.29, 0.717) is 17.1 Å². The Balaban J connectivity index is 1.38. The predicted molar refractivity (Wildman–Crippen MR) is 112 cm³/mol. The molecule has 0 bridgehead atoms. The fraction of sp³-hybridized carbons (Fsp3) is 0.304. The van der Waals surface area contributed by atoms with E-state index in [0.717, 1.165) is 0 Å². The van der Waals surface area contributed by atoms with Gasteiger partial charge in [0.05, 0.1) is 19.6 Å². The number of esters is 1. The van der Waals surface area contributed by atoms with Gasteiger partial charge in [0.15, 0.2) is 6.61 Å². The second kappa shape index (κ2) is 9.78. The highest BCUT2D eigenvalue weighted by Gasteiger charge is 2.40. The molecule has 0 radical (unpaired) electrons. The molecule has 2 aromatic carbocycles. The maximum absolute atomic E-state index is 13.9. The lowest BCUT2D eigenvalue weighted by Crippen LogP contribution is -2.42. The molecule has 1 aromatic heterocycles. The van der Waals surface area contributed by atoms with Crippen LogP contribution in [0.15, 0.2) is 53.1 Å². The van der Waals surface area contributed by atoms with Crippen LogP contribution in [0.25, 0.3) is 11.4 Å². The van der Waals surface area contributed by atoms with Crippen molar-refractivity contribution in [2.45, 2.75) is 31.6 Å². The van der Waals surface area contributed by atoms with Crippen LogP contribution in [0.2, 0.25) is 0 Å². The van der Waals surface area contributed by atoms with Gasteiger partial charge in [-0.3, -0.25) is 4.79 Å². The van der Waals surface area contributed by atoms with Crippen molar-refractivity contribution in [1.82, 2.24) is 15.0 Å². The van der Waals surface area contributed by atoms with E-state index in [2.05, 4.69) is 10.1 Å². The van der Waals surface area contributed by atoms with Crippen LogP contribution in [-0.2, 0) is 27.4 Å². The monoisotopic (exact) mass is 455 g/mol. The van der Waals surface area contributed by atoms with Gasteiger partial charge in [-0.25, -0.2) is 9.18 Å². The summed E-state index contributed by atoms with van der Waals surface area (Å²) >= 11 is 0. The molecule has 33 heavy (non-hydrogen) atoms. The molecule has 172 valence electrons. The first-order valence-electron chi connectivity index (χ1n) is 10.3. The largest absolute Gasteiger partial charge is 0.497 e. The van der Waals surface area contributed by atoms with Crippen molar-refractivity contribution < 1.29 is 33.1 Å². The number of carbonyl (C=O) groups excluding carboxylic acids is 2. The summed E-state index contributed by atoms with van der Waals surface area (Å²) in [5.74, 6) is -0.689. The van der Waals surface area contributed by atoms with Gasteiger partial charge in [-0.15, -0.1) is 0 Å². The van der Waals surface area contributed by atoms with Crippen molar-refractivity contribution in [3.8, 4) is 17.1 Å². The Morgan fingerprint density at radius 3 is 2.85 bits per heavy atom. The minimum atomic E-state index is -0.986. The molecule has 1 aliphatic rings. The first kappa shape index (κ1) is 22.4. The molecule has 10 heteroatoms. The lowest BCUT2D eigenvalue weighted by Gasteiger charge is -2.23. The summed E-state index contributed by atoms with van der Waals surface area (Å²) in [7, 11) is 1.55. The first-order chi connectivity index (χ1) is 15.9. The molecule has 3 aromatic rings. The lowest BCUT2D eigenvalue weighted by molar-refractivity contribution is -0.155. The van der Waals surface area contributed by atoms with E-state index >= 15 is 0 Å². The highest BCUT2D eigenvalue weighted by Crippen LogP contribution is 2.23. The molecule has 1 amide bonds. The number of aromatic nitrogens is 2. The normalized spacial score (nSPS) is 17.7. The zero-order valence-electron chi connectivity index (χ0n) is 17.8. The van der Waals surface area contributed by atoms with Gasteiger partial charge in [0.1, 0.15) is 17.6 Å². The van der Waals surface area contributed by atoms with E-state index in [1.165, 1.54) is 23.1 Å². The number of benzene rings is 2. The van der Waals surface area contributed by atoms with Crippen LogP contribution in [0, 0.1) is 5.82 Å². The van der Waals surface area contributed by atoms with Crippen molar-refractivity contribution >= 4 is 11.9 Å². The maximum atomic E-state index is 13.9. The third kappa shape index (κ3) is 5.17.